The van der Waals surface area contributed by atoms with Crippen molar-refractivity contribution in [3.05, 3.63) is 70.9 Å². The highest BCUT2D eigenvalue weighted by Crippen LogP contribution is 2.32. The second-order valence-corrected chi connectivity index (χ2v) is 8.52. The number of fused-ring (bicyclic) bond motifs is 1. The van der Waals surface area contributed by atoms with E-state index in [4.69, 9.17) is 0 Å². The summed E-state index contributed by atoms with van der Waals surface area (Å²) in [6, 6.07) is 12.0. The van der Waals surface area contributed by atoms with Gasteiger partial charge in [-0.1, -0.05) is 6.07 Å². The van der Waals surface area contributed by atoms with E-state index in [-0.39, 0.29) is 17.6 Å². The molecule has 3 aromatic heterocycles. The highest BCUT2D eigenvalue weighted by Gasteiger charge is 2.30. The first-order valence-electron chi connectivity index (χ1n) is 9.92. The van der Waals surface area contributed by atoms with Crippen molar-refractivity contribution in [2.24, 2.45) is 0 Å². The number of carbonyl (C=O) groups is 1. The van der Waals surface area contributed by atoms with Crippen molar-refractivity contribution in [1.29, 1.82) is 0 Å². The molecule has 4 aromatic rings. The molecule has 8 heteroatoms. The lowest BCUT2D eigenvalue weighted by molar-refractivity contribution is 0.0708. The van der Waals surface area contributed by atoms with Gasteiger partial charge in [-0.25, -0.2) is 9.37 Å². The number of hydrogen-bond acceptors (Lipinski definition) is 5. The van der Waals surface area contributed by atoms with E-state index in [0.29, 0.717) is 17.1 Å². The van der Waals surface area contributed by atoms with Gasteiger partial charge in [0.05, 0.1) is 5.69 Å². The standard InChI is InChI=1S/C22H20FN5OS/c1-14-19(30-21(24-14)15-7-9-17(23)10-8-15)22(29)27-11-4-5-16(13-27)20-26-25-18-6-2-3-12-28(18)20/h2-3,6-10,12,16H,4-5,11,13H2,1H3. The molecule has 1 aliphatic rings. The molecule has 1 saturated heterocycles. The minimum atomic E-state index is -0.288. The van der Waals surface area contributed by atoms with Gasteiger partial charge in [0.1, 0.15) is 21.5 Å². The highest BCUT2D eigenvalue weighted by molar-refractivity contribution is 7.17. The molecule has 1 aromatic carbocycles. The number of aromatic nitrogens is 4. The third kappa shape index (κ3) is 3.37. The summed E-state index contributed by atoms with van der Waals surface area (Å²) in [5.74, 6) is 0.751. The number of pyridine rings is 1. The smallest absolute Gasteiger partial charge is 0.265 e. The van der Waals surface area contributed by atoms with Gasteiger partial charge in [0.15, 0.2) is 5.65 Å². The third-order valence-electron chi connectivity index (χ3n) is 5.50. The van der Waals surface area contributed by atoms with E-state index in [2.05, 4.69) is 15.2 Å². The fourth-order valence-corrected chi connectivity index (χ4v) is 5.00. The number of piperidine rings is 1. The minimum absolute atomic E-state index is 0.00289. The zero-order chi connectivity index (χ0) is 20.7. The summed E-state index contributed by atoms with van der Waals surface area (Å²) >= 11 is 1.36. The summed E-state index contributed by atoms with van der Waals surface area (Å²) in [4.78, 5) is 20.4. The van der Waals surface area contributed by atoms with Crippen LogP contribution >= 0.6 is 11.3 Å². The lowest BCUT2D eigenvalue weighted by Gasteiger charge is -2.31. The summed E-state index contributed by atoms with van der Waals surface area (Å²) in [6.07, 6.45) is 3.86. The van der Waals surface area contributed by atoms with Crippen molar-refractivity contribution in [2.45, 2.75) is 25.7 Å². The number of rotatable bonds is 3. The number of hydrogen-bond donors (Lipinski definition) is 0. The molecule has 30 heavy (non-hydrogen) atoms. The number of benzene rings is 1. The van der Waals surface area contributed by atoms with E-state index in [0.717, 1.165) is 41.4 Å². The number of amides is 1. The Morgan fingerprint density at radius 3 is 2.83 bits per heavy atom. The molecule has 1 unspecified atom stereocenters. The Labute approximate surface area is 177 Å². The largest absolute Gasteiger partial charge is 0.337 e. The van der Waals surface area contributed by atoms with Crippen molar-refractivity contribution in [2.75, 3.05) is 13.1 Å². The van der Waals surface area contributed by atoms with Crippen molar-refractivity contribution in [3.8, 4) is 10.6 Å². The molecule has 0 N–H and O–H groups in total. The second kappa shape index (κ2) is 7.60. The van der Waals surface area contributed by atoms with E-state index < -0.39 is 0 Å². The fraction of sp³-hybridized carbons (Fsp3) is 0.273. The van der Waals surface area contributed by atoms with Gasteiger partial charge in [0.2, 0.25) is 0 Å². The Bertz CT molecular complexity index is 1220. The van der Waals surface area contributed by atoms with Crippen LogP contribution < -0.4 is 0 Å². The van der Waals surface area contributed by atoms with Crippen LogP contribution in [0.15, 0.2) is 48.7 Å². The summed E-state index contributed by atoms with van der Waals surface area (Å²) < 4.78 is 15.2. The van der Waals surface area contributed by atoms with Gasteiger partial charge < -0.3 is 4.90 Å². The summed E-state index contributed by atoms with van der Waals surface area (Å²) in [5.41, 5.74) is 2.34. The summed E-state index contributed by atoms with van der Waals surface area (Å²) in [6.45, 7) is 3.18. The van der Waals surface area contributed by atoms with Gasteiger partial charge in [0, 0.05) is 30.8 Å². The van der Waals surface area contributed by atoms with Gasteiger partial charge in [-0.05, 0) is 56.2 Å². The molecule has 1 amide bonds. The Morgan fingerprint density at radius 2 is 2.00 bits per heavy atom. The monoisotopic (exact) mass is 421 g/mol. The number of aryl methyl sites for hydroxylation is 1. The first-order valence-corrected chi connectivity index (χ1v) is 10.7. The molecule has 1 fully saturated rings. The molecule has 0 aliphatic carbocycles. The molecule has 152 valence electrons. The maximum Gasteiger partial charge on any atom is 0.265 e. The SMILES string of the molecule is Cc1nc(-c2ccc(F)cc2)sc1C(=O)N1CCCC(c2nnc3ccccn23)C1. The van der Waals surface area contributed by atoms with Gasteiger partial charge in [0.25, 0.3) is 5.91 Å². The van der Waals surface area contributed by atoms with E-state index in [1.165, 1.54) is 23.5 Å². The van der Waals surface area contributed by atoms with Crippen LogP contribution in [0.5, 0.6) is 0 Å². The molecule has 6 nitrogen and oxygen atoms in total. The lowest BCUT2D eigenvalue weighted by Crippen LogP contribution is -2.39. The lowest BCUT2D eigenvalue weighted by atomic mass is 9.97. The predicted octanol–water partition coefficient (Wildman–Crippen LogP) is 4.32. The Morgan fingerprint density at radius 1 is 1.17 bits per heavy atom. The number of nitrogens with zero attached hydrogens (tertiary/aromatic N) is 5. The Kier molecular flexibility index (Phi) is 4.78. The predicted molar refractivity (Wildman–Crippen MR) is 113 cm³/mol. The Hall–Kier alpha value is -3.13. The van der Waals surface area contributed by atoms with Gasteiger partial charge in [-0.3, -0.25) is 9.20 Å². The zero-order valence-electron chi connectivity index (χ0n) is 16.5. The first-order chi connectivity index (χ1) is 14.6. The van der Waals surface area contributed by atoms with E-state index in [1.54, 1.807) is 12.1 Å². The number of halogens is 1. The van der Waals surface area contributed by atoms with Gasteiger partial charge in [-0.2, -0.15) is 0 Å². The normalized spacial score (nSPS) is 16.9. The van der Waals surface area contributed by atoms with Crippen LogP contribution in [-0.2, 0) is 0 Å². The van der Waals surface area contributed by atoms with Crippen LogP contribution in [0.2, 0.25) is 0 Å². The number of likely N-dealkylation sites (tertiary alicyclic amines) is 1. The average molecular weight is 422 g/mol. The van der Waals surface area contributed by atoms with Crippen LogP contribution in [0.4, 0.5) is 4.39 Å². The van der Waals surface area contributed by atoms with Gasteiger partial charge >= 0.3 is 0 Å². The van der Waals surface area contributed by atoms with Crippen molar-refractivity contribution in [3.63, 3.8) is 0 Å². The molecular formula is C22H20FN5OS. The van der Waals surface area contributed by atoms with Crippen LogP contribution in [0.1, 0.15) is 39.9 Å². The molecule has 4 heterocycles. The molecule has 0 radical (unpaired) electrons. The van der Waals surface area contributed by atoms with Crippen molar-refractivity contribution >= 4 is 22.9 Å². The molecular weight excluding hydrogens is 401 g/mol. The minimum Gasteiger partial charge on any atom is -0.337 e. The topological polar surface area (TPSA) is 63.4 Å². The van der Waals surface area contributed by atoms with E-state index in [1.807, 2.05) is 40.6 Å². The van der Waals surface area contributed by atoms with Crippen molar-refractivity contribution in [1.82, 2.24) is 24.5 Å². The van der Waals surface area contributed by atoms with Crippen molar-refractivity contribution < 1.29 is 9.18 Å². The van der Waals surface area contributed by atoms with Crippen LogP contribution in [-0.4, -0.2) is 43.5 Å². The summed E-state index contributed by atoms with van der Waals surface area (Å²) in [7, 11) is 0. The molecule has 0 bridgehead atoms. The molecule has 1 atom stereocenters. The van der Waals surface area contributed by atoms with Crippen LogP contribution in [0.3, 0.4) is 0 Å². The molecule has 0 spiro atoms. The van der Waals surface area contributed by atoms with E-state index >= 15 is 0 Å². The molecule has 1 aliphatic heterocycles. The molecule has 5 rings (SSSR count). The summed E-state index contributed by atoms with van der Waals surface area (Å²) in [5, 5.41) is 9.37. The number of thiazole rings is 1. The second-order valence-electron chi connectivity index (χ2n) is 7.52. The number of carbonyl (C=O) groups excluding carboxylic acids is 1. The van der Waals surface area contributed by atoms with E-state index in [9.17, 15) is 9.18 Å². The maximum atomic E-state index is 13.3. The highest BCUT2D eigenvalue weighted by atomic mass is 32.1. The van der Waals surface area contributed by atoms with Crippen LogP contribution in [0, 0.1) is 12.7 Å². The van der Waals surface area contributed by atoms with Crippen LogP contribution in [0.25, 0.3) is 16.2 Å². The fourth-order valence-electron chi connectivity index (χ4n) is 3.97. The molecule has 0 saturated carbocycles. The maximum absolute atomic E-state index is 13.3. The first kappa shape index (κ1) is 18.9. The van der Waals surface area contributed by atoms with Gasteiger partial charge in [-0.15, -0.1) is 21.5 Å². The Balaban J connectivity index is 1.39. The average Bonchev–Trinajstić information content (AvgIpc) is 3.38. The zero-order valence-corrected chi connectivity index (χ0v) is 17.3. The quantitative estimate of drug-likeness (QED) is 0.494. The third-order valence-corrected chi connectivity index (χ3v) is 6.69.